The number of likely N-dealkylation sites (N-methyl/N-ethyl adjacent to an activating group) is 1. The number of nitrogens with one attached hydrogen (secondary N) is 1. The Labute approximate surface area is 118 Å². The molecule has 1 heterocycles. The van der Waals surface area contributed by atoms with E-state index in [1.807, 2.05) is 12.1 Å². The Bertz CT molecular complexity index is 509. The lowest BCUT2D eigenvalue weighted by atomic mass is 9.77. The van der Waals surface area contributed by atoms with Crippen molar-refractivity contribution >= 4 is 28.9 Å². The van der Waals surface area contributed by atoms with Crippen molar-refractivity contribution < 1.29 is 4.79 Å². The minimum Gasteiger partial charge on any atom is -0.356 e. The van der Waals surface area contributed by atoms with E-state index >= 15 is 0 Å². The molecule has 19 heavy (non-hydrogen) atoms. The molecular weight excluding hydrogens is 260 g/mol. The molecule has 1 saturated carbocycles. The van der Waals surface area contributed by atoms with E-state index in [1.54, 1.807) is 0 Å². The van der Waals surface area contributed by atoms with Gasteiger partial charge in [-0.1, -0.05) is 36.9 Å². The van der Waals surface area contributed by atoms with Crippen LogP contribution in [0, 0.1) is 0 Å². The molecule has 102 valence electrons. The van der Waals surface area contributed by atoms with Crippen LogP contribution in [0.5, 0.6) is 0 Å². The van der Waals surface area contributed by atoms with Crippen LogP contribution in [0.3, 0.4) is 0 Å². The second-order valence-electron chi connectivity index (χ2n) is 5.42. The van der Waals surface area contributed by atoms with Crippen molar-refractivity contribution in [1.29, 1.82) is 0 Å². The van der Waals surface area contributed by atoms with Gasteiger partial charge in [0, 0.05) is 6.54 Å². The molecule has 1 fully saturated rings. The first-order valence-corrected chi connectivity index (χ1v) is 7.44. The predicted octanol–water partition coefficient (Wildman–Crippen LogP) is 3.82. The van der Waals surface area contributed by atoms with E-state index in [4.69, 9.17) is 11.6 Å². The highest BCUT2D eigenvalue weighted by molar-refractivity contribution is 6.35. The first-order chi connectivity index (χ1) is 9.19. The SMILES string of the molecule is CCN1c2cccc(Cl)c2NC(=O)C12CCCCC2. The van der Waals surface area contributed by atoms with Gasteiger partial charge in [0.05, 0.1) is 16.4 Å². The smallest absolute Gasteiger partial charge is 0.250 e. The molecule has 0 aromatic heterocycles. The fourth-order valence-electron chi connectivity index (χ4n) is 3.55. The molecule has 0 bridgehead atoms. The number of benzene rings is 1. The number of hydrogen-bond acceptors (Lipinski definition) is 2. The van der Waals surface area contributed by atoms with Gasteiger partial charge in [-0.05, 0) is 31.9 Å². The van der Waals surface area contributed by atoms with Crippen molar-refractivity contribution in [3.8, 4) is 0 Å². The molecule has 2 aliphatic rings. The number of amides is 1. The standard InChI is InChI=1S/C15H19ClN2O/c1-2-18-12-8-6-7-11(16)13(12)17-14(19)15(18)9-4-3-5-10-15/h6-8H,2-5,9-10H2,1H3,(H,17,19). The van der Waals surface area contributed by atoms with Gasteiger partial charge in [-0.3, -0.25) is 4.79 Å². The van der Waals surface area contributed by atoms with Crippen LogP contribution in [0.25, 0.3) is 0 Å². The predicted molar refractivity (Wildman–Crippen MR) is 78.9 cm³/mol. The molecule has 0 unspecified atom stereocenters. The Morgan fingerprint density at radius 2 is 2.05 bits per heavy atom. The highest BCUT2D eigenvalue weighted by Crippen LogP contribution is 2.46. The summed E-state index contributed by atoms with van der Waals surface area (Å²) in [5.74, 6) is 0.120. The van der Waals surface area contributed by atoms with Gasteiger partial charge >= 0.3 is 0 Å². The summed E-state index contributed by atoms with van der Waals surface area (Å²) >= 11 is 6.22. The highest BCUT2D eigenvalue weighted by Gasteiger charge is 2.48. The first kappa shape index (κ1) is 12.8. The minimum atomic E-state index is -0.356. The second kappa shape index (κ2) is 4.71. The number of carbonyl (C=O) groups excluding carboxylic acids is 1. The second-order valence-corrected chi connectivity index (χ2v) is 5.83. The van der Waals surface area contributed by atoms with Crippen LogP contribution in [0.2, 0.25) is 5.02 Å². The lowest BCUT2D eigenvalue weighted by Crippen LogP contribution is -2.60. The van der Waals surface area contributed by atoms with Crippen molar-refractivity contribution in [3.63, 3.8) is 0 Å². The molecular formula is C15H19ClN2O. The molecule has 0 radical (unpaired) electrons. The number of halogens is 1. The van der Waals surface area contributed by atoms with Crippen LogP contribution in [0.4, 0.5) is 11.4 Å². The summed E-state index contributed by atoms with van der Waals surface area (Å²) in [5.41, 5.74) is 1.48. The summed E-state index contributed by atoms with van der Waals surface area (Å²) in [6.45, 7) is 2.94. The molecule has 1 amide bonds. The van der Waals surface area contributed by atoms with Crippen LogP contribution in [0.1, 0.15) is 39.0 Å². The summed E-state index contributed by atoms with van der Waals surface area (Å²) < 4.78 is 0. The van der Waals surface area contributed by atoms with Crippen LogP contribution in [-0.2, 0) is 4.79 Å². The zero-order valence-electron chi connectivity index (χ0n) is 11.2. The van der Waals surface area contributed by atoms with Gasteiger partial charge in [0.15, 0.2) is 0 Å². The molecule has 4 heteroatoms. The number of nitrogens with zero attached hydrogens (tertiary/aromatic N) is 1. The molecule has 1 spiro atoms. The quantitative estimate of drug-likeness (QED) is 0.847. The molecule has 1 aliphatic heterocycles. The van der Waals surface area contributed by atoms with E-state index in [-0.39, 0.29) is 11.4 Å². The van der Waals surface area contributed by atoms with Crippen molar-refractivity contribution in [2.24, 2.45) is 0 Å². The van der Waals surface area contributed by atoms with Gasteiger partial charge in [-0.15, -0.1) is 0 Å². The van der Waals surface area contributed by atoms with Crippen LogP contribution in [-0.4, -0.2) is 18.0 Å². The molecule has 3 rings (SSSR count). The number of anilines is 2. The van der Waals surface area contributed by atoms with Gasteiger partial charge in [-0.25, -0.2) is 0 Å². The molecule has 1 aromatic rings. The average Bonchev–Trinajstić information content (AvgIpc) is 2.43. The molecule has 1 aromatic carbocycles. The Hall–Kier alpha value is -1.22. The zero-order valence-corrected chi connectivity index (χ0v) is 12.0. The first-order valence-electron chi connectivity index (χ1n) is 7.06. The Morgan fingerprint density at radius 3 is 2.74 bits per heavy atom. The van der Waals surface area contributed by atoms with E-state index in [0.29, 0.717) is 5.02 Å². The zero-order chi connectivity index (χ0) is 13.5. The third-order valence-electron chi connectivity index (χ3n) is 4.46. The maximum atomic E-state index is 12.6. The Kier molecular flexibility index (Phi) is 3.17. The minimum absolute atomic E-state index is 0.120. The van der Waals surface area contributed by atoms with Gasteiger partial charge in [0.2, 0.25) is 5.91 Å². The highest BCUT2D eigenvalue weighted by atomic mass is 35.5. The Balaban J connectivity index is 2.11. The lowest BCUT2D eigenvalue weighted by molar-refractivity contribution is -0.122. The molecule has 0 atom stereocenters. The third kappa shape index (κ3) is 1.83. The average molecular weight is 279 g/mol. The lowest BCUT2D eigenvalue weighted by Gasteiger charge is -2.49. The van der Waals surface area contributed by atoms with Gasteiger partial charge < -0.3 is 10.2 Å². The molecule has 1 aliphatic carbocycles. The van der Waals surface area contributed by atoms with Gasteiger partial charge in [-0.2, -0.15) is 0 Å². The fraction of sp³-hybridized carbons (Fsp3) is 0.533. The van der Waals surface area contributed by atoms with Crippen molar-refractivity contribution in [1.82, 2.24) is 0 Å². The number of hydrogen-bond donors (Lipinski definition) is 1. The topological polar surface area (TPSA) is 32.3 Å². The summed E-state index contributed by atoms with van der Waals surface area (Å²) in [6.07, 6.45) is 5.37. The summed E-state index contributed by atoms with van der Waals surface area (Å²) in [6, 6.07) is 5.84. The maximum absolute atomic E-state index is 12.6. The van der Waals surface area contributed by atoms with E-state index in [2.05, 4.69) is 23.2 Å². The van der Waals surface area contributed by atoms with Crippen molar-refractivity contribution in [3.05, 3.63) is 23.2 Å². The van der Waals surface area contributed by atoms with Crippen LogP contribution < -0.4 is 10.2 Å². The van der Waals surface area contributed by atoms with E-state index in [1.165, 1.54) is 6.42 Å². The normalized spacial score (nSPS) is 21.2. The summed E-state index contributed by atoms with van der Waals surface area (Å²) in [5, 5.41) is 3.66. The van der Waals surface area contributed by atoms with Gasteiger partial charge in [0.25, 0.3) is 0 Å². The molecule has 1 N–H and O–H groups in total. The number of rotatable bonds is 1. The van der Waals surface area contributed by atoms with Crippen molar-refractivity contribution in [2.75, 3.05) is 16.8 Å². The molecule has 3 nitrogen and oxygen atoms in total. The number of fused-ring (bicyclic) bond motifs is 1. The van der Waals surface area contributed by atoms with Gasteiger partial charge in [0.1, 0.15) is 5.54 Å². The van der Waals surface area contributed by atoms with E-state index in [0.717, 1.165) is 43.6 Å². The maximum Gasteiger partial charge on any atom is 0.250 e. The van der Waals surface area contributed by atoms with Crippen LogP contribution in [0.15, 0.2) is 18.2 Å². The third-order valence-corrected chi connectivity index (χ3v) is 4.77. The number of carbonyl (C=O) groups is 1. The monoisotopic (exact) mass is 278 g/mol. The summed E-state index contributed by atoms with van der Waals surface area (Å²) in [4.78, 5) is 14.9. The van der Waals surface area contributed by atoms with E-state index < -0.39 is 0 Å². The fourth-order valence-corrected chi connectivity index (χ4v) is 3.77. The molecule has 0 saturated heterocycles. The van der Waals surface area contributed by atoms with E-state index in [9.17, 15) is 4.79 Å². The van der Waals surface area contributed by atoms with Crippen LogP contribution >= 0.6 is 11.6 Å². The summed E-state index contributed by atoms with van der Waals surface area (Å²) in [7, 11) is 0. The van der Waals surface area contributed by atoms with Crippen molar-refractivity contribution in [2.45, 2.75) is 44.6 Å². The largest absolute Gasteiger partial charge is 0.356 e. The number of para-hydroxylation sites is 1. The Morgan fingerprint density at radius 1 is 1.32 bits per heavy atom.